The number of amides is 1. The Kier molecular flexibility index (Phi) is 4.07. The average Bonchev–Trinajstić information content (AvgIpc) is 3.01. The third kappa shape index (κ3) is 3.06. The number of hydrogen-bond acceptors (Lipinski definition) is 5. The summed E-state index contributed by atoms with van der Waals surface area (Å²) in [5.74, 6) is 1.40. The maximum Gasteiger partial charge on any atom is 0.265 e. The molecule has 2 heterocycles. The molecular weight excluding hydrogens is 292 g/mol. The van der Waals surface area contributed by atoms with E-state index in [0.717, 1.165) is 12.1 Å². The summed E-state index contributed by atoms with van der Waals surface area (Å²) in [5, 5.41) is 3.97. The zero-order chi connectivity index (χ0) is 16.6. The van der Waals surface area contributed by atoms with Crippen molar-refractivity contribution in [3.05, 3.63) is 35.2 Å². The molecule has 1 atom stereocenters. The van der Waals surface area contributed by atoms with Crippen molar-refractivity contribution in [2.75, 3.05) is 30.4 Å². The minimum Gasteiger partial charge on any atom is -0.344 e. The number of benzene rings is 1. The van der Waals surface area contributed by atoms with Gasteiger partial charge in [0.2, 0.25) is 11.8 Å². The van der Waals surface area contributed by atoms with Crippen LogP contribution in [-0.2, 0) is 4.79 Å². The van der Waals surface area contributed by atoms with Crippen LogP contribution in [0.5, 0.6) is 0 Å². The fourth-order valence-corrected chi connectivity index (χ4v) is 2.77. The van der Waals surface area contributed by atoms with E-state index in [4.69, 9.17) is 4.52 Å². The minimum atomic E-state index is 0.0792. The first-order chi connectivity index (χ1) is 11.0. The average molecular weight is 314 g/mol. The van der Waals surface area contributed by atoms with Crippen LogP contribution < -0.4 is 9.80 Å². The summed E-state index contributed by atoms with van der Waals surface area (Å²) in [6.45, 7) is 4.71. The summed E-state index contributed by atoms with van der Waals surface area (Å²) < 4.78 is 5.39. The Morgan fingerprint density at radius 2 is 2.04 bits per heavy atom. The van der Waals surface area contributed by atoms with Gasteiger partial charge in [0.25, 0.3) is 5.95 Å². The molecule has 1 unspecified atom stereocenters. The molecule has 0 bridgehead atoms. The lowest BCUT2D eigenvalue weighted by Gasteiger charge is -2.31. The number of rotatable bonds is 3. The molecule has 0 aliphatic carbocycles. The van der Waals surface area contributed by atoms with E-state index in [9.17, 15) is 4.79 Å². The van der Waals surface area contributed by atoms with Crippen LogP contribution >= 0.6 is 0 Å². The lowest BCUT2D eigenvalue weighted by molar-refractivity contribution is -0.119. The second-order valence-corrected chi connectivity index (χ2v) is 6.34. The third-order valence-corrected chi connectivity index (χ3v) is 4.39. The van der Waals surface area contributed by atoms with E-state index in [1.165, 1.54) is 11.1 Å². The molecule has 1 aromatic carbocycles. The smallest absolute Gasteiger partial charge is 0.265 e. The highest BCUT2D eigenvalue weighted by Gasteiger charge is 2.31. The fraction of sp³-hybridized carbons (Fsp3) is 0.471. The van der Waals surface area contributed by atoms with Crippen molar-refractivity contribution in [3.63, 3.8) is 0 Å². The molecule has 1 saturated heterocycles. The van der Waals surface area contributed by atoms with Gasteiger partial charge in [-0.2, -0.15) is 4.98 Å². The third-order valence-electron chi connectivity index (χ3n) is 4.39. The van der Waals surface area contributed by atoms with Crippen LogP contribution in [0.1, 0.15) is 35.8 Å². The first-order valence-electron chi connectivity index (χ1n) is 7.84. The van der Waals surface area contributed by atoms with Crippen LogP contribution in [0.15, 0.2) is 22.7 Å². The van der Waals surface area contributed by atoms with Crippen molar-refractivity contribution in [1.82, 2.24) is 10.1 Å². The fourth-order valence-electron chi connectivity index (χ4n) is 2.77. The summed E-state index contributed by atoms with van der Waals surface area (Å²) in [6.07, 6.45) is 1.24. The molecule has 0 N–H and O–H groups in total. The molecule has 0 radical (unpaired) electrons. The quantitative estimate of drug-likeness (QED) is 0.871. The van der Waals surface area contributed by atoms with Crippen LogP contribution in [-0.4, -0.2) is 36.7 Å². The number of aryl methyl sites for hydroxylation is 2. The molecule has 122 valence electrons. The number of carbonyl (C=O) groups excluding carboxylic acids is 1. The topological polar surface area (TPSA) is 62.5 Å². The molecule has 3 rings (SSSR count). The highest BCUT2D eigenvalue weighted by atomic mass is 16.5. The Morgan fingerprint density at radius 3 is 2.70 bits per heavy atom. The zero-order valence-corrected chi connectivity index (χ0v) is 14.0. The van der Waals surface area contributed by atoms with Crippen LogP contribution in [0.25, 0.3) is 0 Å². The van der Waals surface area contributed by atoms with E-state index in [0.29, 0.717) is 24.8 Å². The van der Waals surface area contributed by atoms with Gasteiger partial charge in [-0.25, -0.2) is 0 Å². The second kappa shape index (κ2) is 6.02. The molecule has 1 aliphatic heterocycles. The Morgan fingerprint density at radius 1 is 1.26 bits per heavy atom. The number of anilines is 2. The monoisotopic (exact) mass is 314 g/mol. The van der Waals surface area contributed by atoms with Gasteiger partial charge in [-0.3, -0.25) is 4.79 Å². The molecule has 1 aromatic heterocycles. The maximum atomic E-state index is 12.3. The van der Waals surface area contributed by atoms with Crippen LogP contribution in [0.4, 0.5) is 11.6 Å². The SMILES string of the molecule is Cc1ccc(N2CC(c3nc(N(C)C)no3)CCC2=O)cc1C. The van der Waals surface area contributed by atoms with E-state index >= 15 is 0 Å². The Bertz CT molecular complexity index is 723. The van der Waals surface area contributed by atoms with Crippen molar-refractivity contribution >= 4 is 17.5 Å². The summed E-state index contributed by atoms with van der Waals surface area (Å²) in [4.78, 5) is 20.4. The molecule has 2 aromatic rings. The highest BCUT2D eigenvalue weighted by molar-refractivity contribution is 5.94. The van der Waals surface area contributed by atoms with Gasteiger partial charge in [-0.15, -0.1) is 0 Å². The van der Waals surface area contributed by atoms with Crippen molar-refractivity contribution < 1.29 is 9.32 Å². The van der Waals surface area contributed by atoms with Gasteiger partial charge in [0, 0.05) is 32.7 Å². The standard InChI is InChI=1S/C17H22N4O2/c1-11-5-7-14(9-12(11)2)21-10-13(6-8-15(21)22)16-18-17(19-23-16)20(3)4/h5,7,9,13H,6,8,10H2,1-4H3. The zero-order valence-electron chi connectivity index (χ0n) is 14.0. The van der Waals surface area contributed by atoms with Crippen molar-refractivity contribution in [2.45, 2.75) is 32.6 Å². The van der Waals surface area contributed by atoms with Gasteiger partial charge in [-0.05, 0) is 48.7 Å². The maximum absolute atomic E-state index is 12.3. The second-order valence-electron chi connectivity index (χ2n) is 6.34. The Balaban J connectivity index is 1.83. The van der Waals surface area contributed by atoms with E-state index in [1.54, 1.807) is 0 Å². The van der Waals surface area contributed by atoms with Gasteiger partial charge in [0.15, 0.2) is 0 Å². The Hall–Kier alpha value is -2.37. The molecule has 6 nitrogen and oxygen atoms in total. The van der Waals surface area contributed by atoms with E-state index in [-0.39, 0.29) is 11.8 Å². The largest absolute Gasteiger partial charge is 0.344 e. The van der Waals surface area contributed by atoms with E-state index in [1.807, 2.05) is 30.0 Å². The predicted octanol–water partition coefficient (Wildman–Crippen LogP) is 2.66. The summed E-state index contributed by atoms with van der Waals surface area (Å²) >= 11 is 0. The molecule has 1 fully saturated rings. The van der Waals surface area contributed by atoms with E-state index < -0.39 is 0 Å². The van der Waals surface area contributed by atoms with Gasteiger partial charge in [0.1, 0.15) is 0 Å². The lowest BCUT2D eigenvalue weighted by atomic mass is 9.96. The van der Waals surface area contributed by atoms with Crippen molar-refractivity contribution in [3.8, 4) is 0 Å². The minimum absolute atomic E-state index is 0.0792. The molecule has 1 amide bonds. The molecule has 6 heteroatoms. The normalized spacial score (nSPS) is 18.3. The summed E-state index contributed by atoms with van der Waals surface area (Å²) in [7, 11) is 3.75. The molecule has 1 aliphatic rings. The first kappa shape index (κ1) is 15.5. The summed E-state index contributed by atoms with van der Waals surface area (Å²) in [6, 6.07) is 6.12. The molecular formula is C17H22N4O2. The van der Waals surface area contributed by atoms with Gasteiger partial charge in [-0.1, -0.05) is 6.07 Å². The molecule has 23 heavy (non-hydrogen) atoms. The number of piperidine rings is 1. The van der Waals surface area contributed by atoms with Crippen molar-refractivity contribution in [1.29, 1.82) is 0 Å². The molecule has 0 saturated carbocycles. The highest BCUT2D eigenvalue weighted by Crippen LogP contribution is 2.31. The molecule has 0 spiro atoms. The van der Waals surface area contributed by atoms with Crippen molar-refractivity contribution in [2.24, 2.45) is 0 Å². The van der Waals surface area contributed by atoms with Gasteiger partial charge < -0.3 is 14.3 Å². The van der Waals surface area contributed by atoms with Crippen LogP contribution in [0, 0.1) is 13.8 Å². The van der Waals surface area contributed by atoms with Gasteiger partial charge in [0.05, 0.1) is 5.92 Å². The number of aromatic nitrogens is 2. The predicted molar refractivity (Wildman–Crippen MR) is 88.9 cm³/mol. The number of hydrogen-bond donors (Lipinski definition) is 0. The summed E-state index contributed by atoms with van der Waals surface area (Å²) in [5.41, 5.74) is 3.35. The Labute approximate surface area is 136 Å². The van der Waals surface area contributed by atoms with Crippen LogP contribution in [0.2, 0.25) is 0 Å². The van der Waals surface area contributed by atoms with Crippen LogP contribution in [0.3, 0.4) is 0 Å². The van der Waals surface area contributed by atoms with Gasteiger partial charge >= 0.3 is 0 Å². The number of nitrogens with zero attached hydrogens (tertiary/aromatic N) is 4. The first-order valence-corrected chi connectivity index (χ1v) is 7.84. The number of carbonyl (C=O) groups is 1. The van der Waals surface area contributed by atoms with E-state index in [2.05, 4.69) is 36.1 Å². The lowest BCUT2D eigenvalue weighted by Crippen LogP contribution is -2.39.